The minimum Gasteiger partial charge on any atom is -0.355 e. The van der Waals surface area contributed by atoms with Crippen LogP contribution < -0.4 is 10.6 Å². The van der Waals surface area contributed by atoms with Crippen LogP contribution in [0.1, 0.15) is 24.1 Å². The summed E-state index contributed by atoms with van der Waals surface area (Å²) in [4.78, 5) is 11.6. The molecule has 0 radical (unpaired) electrons. The van der Waals surface area contributed by atoms with Crippen LogP contribution in [0.15, 0.2) is 54.6 Å². The summed E-state index contributed by atoms with van der Waals surface area (Å²) in [5, 5.41) is 5.97. The molecule has 0 aliphatic heterocycles. The monoisotopic (exact) mass is 286 g/mol. The average molecular weight is 286 g/mol. The van der Waals surface area contributed by atoms with Crippen molar-refractivity contribution < 1.29 is 9.18 Å². The predicted octanol–water partition coefficient (Wildman–Crippen LogP) is 2.64. The van der Waals surface area contributed by atoms with E-state index in [0.717, 1.165) is 11.1 Å². The van der Waals surface area contributed by atoms with E-state index in [0.29, 0.717) is 6.54 Å². The van der Waals surface area contributed by atoms with Gasteiger partial charge in [0.1, 0.15) is 5.82 Å². The van der Waals surface area contributed by atoms with E-state index in [9.17, 15) is 9.18 Å². The second kappa shape index (κ2) is 7.55. The number of rotatable bonds is 6. The number of likely N-dealkylation sites (N-methyl/N-ethyl adjacent to an activating group) is 1. The molecule has 4 heteroatoms. The number of amides is 1. The number of hydrogen-bond acceptors (Lipinski definition) is 2. The molecule has 2 N–H and O–H groups in total. The van der Waals surface area contributed by atoms with Crippen molar-refractivity contribution in [3.8, 4) is 0 Å². The summed E-state index contributed by atoms with van der Waals surface area (Å²) in [5.41, 5.74) is 1.96. The lowest BCUT2D eigenvalue weighted by Gasteiger charge is -2.19. The number of carbonyl (C=O) groups excluding carboxylic acids is 1. The molecule has 0 spiro atoms. The molecular weight excluding hydrogens is 267 g/mol. The van der Waals surface area contributed by atoms with E-state index >= 15 is 0 Å². The van der Waals surface area contributed by atoms with Crippen molar-refractivity contribution in [3.05, 3.63) is 71.5 Å². The summed E-state index contributed by atoms with van der Waals surface area (Å²) in [7, 11) is 0. The zero-order valence-corrected chi connectivity index (χ0v) is 12.0. The van der Waals surface area contributed by atoms with Gasteiger partial charge in [-0.25, -0.2) is 4.39 Å². The lowest BCUT2D eigenvalue weighted by Crippen LogP contribution is -2.35. The summed E-state index contributed by atoms with van der Waals surface area (Å²) < 4.78 is 13.1. The van der Waals surface area contributed by atoms with E-state index in [1.807, 2.05) is 37.3 Å². The molecule has 0 aromatic heterocycles. The third-order valence-corrected chi connectivity index (χ3v) is 3.18. The molecule has 110 valence electrons. The molecule has 1 amide bonds. The topological polar surface area (TPSA) is 41.1 Å². The first-order valence-corrected chi connectivity index (χ1v) is 7.01. The second-order valence-electron chi connectivity index (χ2n) is 4.73. The van der Waals surface area contributed by atoms with Gasteiger partial charge in [-0.1, -0.05) is 42.5 Å². The largest absolute Gasteiger partial charge is 0.355 e. The van der Waals surface area contributed by atoms with Crippen LogP contribution >= 0.6 is 0 Å². The highest BCUT2D eigenvalue weighted by molar-refractivity contribution is 5.78. The van der Waals surface area contributed by atoms with Gasteiger partial charge >= 0.3 is 0 Å². The Balaban J connectivity index is 2.18. The SMILES string of the molecule is CCNC(=O)CNC(c1ccccc1)c1ccc(F)cc1. The molecule has 0 heterocycles. The Kier molecular flexibility index (Phi) is 5.46. The Morgan fingerprint density at radius 3 is 2.29 bits per heavy atom. The van der Waals surface area contributed by atoms with Crippen LogP contribution in [0.2, 0.25) is 0 Å². The van der Waals surface area contributed by atoms with Crippen LogP contribution in [-0.2, 0) is 4.79 Å². The quantitative estimate of drug-likeness (QED) is 0.857. The summed E-state index contributed by atoms with van der Waals surface area (Å²) in [6.45, 7) is 2.70. The molecule has 1 unspecified atom stereocenters. The third-order valence-electron chi connectivity index (χ3n) is 3.18. The molecule has 2 rings (SSSR count). The summed E-state index contributed by atoms with van der Waals surface area (Å²) in [6.07, 6.45) is 0. The minimum atomic E-state index is -0.269. The highest BCUT2D eigenvalue weighted by atomic mass is 19.1. The first kappa shape index (κ1) is 15.2. The predicted molar refractivity (Wildman–Crippen MR) is 81.4 cm³/mol. The van der Waals surface area contributed by atoms with Gasteiger partial charge in [-0.15, -0.1) is 0 Å². The van der Waals surface area contributed by atoms with E-state index in [1.165, 1.54) is 12.1 Å². The maximum atomic E-state index is 13.1. The fourth-order valence-electron chi connectivity index (χ4n) is 2.18. The fraction of sp³-hybridized carbons (Fsp3) is 0.235. The highest BCUT2D eigenvalue weighted by Crippen LogP contribution is 2.21. The Morgan fingerprint density at radius 1 is 1.05 bits per heavy atom. The van der Waals surface area contributed by atoms with Crippen LogP contribution in [-0.4, -0.2) is 19.0 Å². The summed E-state index contributed by atoms with van der Waals surface area (Å²) in [6, 6.07) is 16.0. The second-order valence-corrected chi connectivity index (χ2v) is 4.73. The van der Waals surface area contributed by atoms with Gasteiger partial charge in [0.15, 0.2) is 0 Å². The van der Waals surface area contributed by atoms with Crippen LogP contribution in [0.4, 0.5) is 4.39 Å². The van der Waals surface area contributed by atoms with Gasteiger partial charge in [-0.3, -0.25) is 10.1 Å². The fourth-order valence-corrected chi connectivity index (χ4v) is 2.18. The zero-order valence-electron chi connectivity index (χ0n) is 12.0. The van der Waals surface area contributed by atoms with Crippen LogP contribution in [0.5, 0.6) is 0 Å². The number of benzene rings is 2. The van der Waals surface area contributed by atoms with Crippen molar-refractivity contribution in [1.82, 2.24) is 10.6 Å². The molecule has 0 aliphatic carbocycles. The van der Waals surface area contributed by atoms with Gasteiger partial charge in [-0.2, -0.15) is 0 Å². The first-order chi connectivity index (χ1) is 10.2. The number of carbonyl (C=O) groups is 1. The van der Waals surface area contributed by atoms with Crippen molar-refractivity contribution >= 4 is 5.91 Å². The van der Waals surface area contributed by atoms with Gasteiger partial charge in [-0.05, 0) is 30.2 Å². The molecule has 2 aromatic carbocycles. The van der Waals surface area contributed by atoms with E-state index in [4.69, 9.17) is 0 Å². The van der Waals surface area contributed by atoms with E-state index in [1.54, 1.807) is 12.1 Å². The third kappa shape index (κ3) is 4.39. The average Bonchev–Trinajstić information content (AvgIpc) is 2.50. The van der Waals surface area contributed by atoms with Crippen molar-refractivity contribution in [2.75, 3.05) is 13.1 Å². The molecule has 0 bridgehead atoms. The normalized spacial score (nSPS) is 11.9. The molecule has 3 nitrogen and oxygen atoms in total. The smallest absolute Gasteiger partial charge is 0.233 e. The van der Waals surface area contributed by atoms with Gasteiger partial charge < -0.3 is 5.32 Å². The van der Waals surface area contributed by atoms with E-state index in [2.05, 4.69) is 10.6 Å². The lowest BCUT2D eigenvalue weighted by molar-refractivity contribution is -0.120. The Hall–Kier alpha value is -2.20. The number of halogens is 1. The van der Waals surface area contributed by atoms with Crippen LogP contribution in [0.3, 0.4) is 0 Å². The molecule has 0 saturated carbocycles. The lowest BCUT2D eigenvalue weighted by atomic mass is 9.98. The summed E-state index contributed by atoms with van der Waals surface area (Å²) >= 11 is 0. The molecule has 0 fully saturated rings. The summed E-state index contributed by atoms with van der Waals surface area (Å²) in [5.74, 6) is -0.324. The molecular formula is C17H19FN2O. The molecule has 1 atom stereocenters. The molecule has 0 saturated heterocycles. The van der Waals surface area contributed by atoms with Crippen molar-refractivity contribution in [1.29, 1.82) is 0 Å². The van der Waals surface area contributed by atoms with Gasteiger partial charge in [0.25, 0.3) is 0 Å². The molecule has 2 aromatic rings. The minimum absolute atomic E-state index is 0.0551. The van der Waals surface area contributed by atoms with E-state index in [-0.39, 0.29) is 24.3 Å². The van der Waals surface area contributed by atoms with Crippen molar-refractivity contribution in [2.24, 2.45) is 0 Å². The van der Waals surface area contributed by atoms with Gasteiger partial charge in [0.2, 0.25) is 5.91 Å². The number of nitrogens with one attached hydrogen (secondary N) is 2. The standard InChI is InChI=1S/C17H19FN2O/c1-2-19-16(21)12-20-17(13-6-4-3-5-7-13)14-8-10-15(18)11-9-14/h3-11,17,20H,2,12H2,1H3,(H,19,21). The maximum absolute atomic E-state index is 13.1. The van der Waals surface area contributed by atoms with Gasteiger partial charge in [0.05, 0.1) is 12.6 Å². The Morgan fingerprint density at radius 2 is 1.67 bits per heavy atom. The van der Waals surface area contributed by atoms with Crippen LogP contribution in [0.25, 0.3) is 0 Å². The van der Waals surface area contributed by atoms with Crippen molar-refractivity contribution in [2.45, 2.75) is 13.0 Å². The zero-order chi connectivity index (χ0) is 15.1. The molecule has 21 heavy (non-hydrogen) atoms. The maximum Gasteiger partial charge on any atom is 0.233 e. The van der Waals surface area contributed by atoms with E-state index < -0.39 is 0 Å². The Bertz CT molecular complexity index is 569. The van der Waals surface area contributed by atoms with Crippen LogP contribution in [0, 0.1) is 5.82 Å². The van der Waals surface area contributed by atoms with Crippen molar-refractivity contribution in [3.63, 3.8) is 0 Å². The highest BCUT2D eigenvalue weighted by Gasteiger charge is 2.14. The van der Waals surface area contributed by atoms with Gasteiger partial charge in [0, 0.05) is 6.54 Å². The molecule has 0 aliphatic rings. The number of hydrogen-bond donors (Lipinski definition) is 2. The first-order valence-electron chi connectivity index (χ1n) is 7.01. The Labute approximate surface area is 124 Å².